The highest BCUT2D eigenvalue weighted by Gasteiger charge is 2.10. The molecule has 1 aliphatic heterocycles. The lowest BCUT2D eigenvalue weighted by molar-refractivity contribution is -0.137. The summed E-state index contributed by atoms with van der Waals surface area (Å²) in [5, 5.41) is 3.26. The Bertz CT molecular complexity index is 176. The minimum Gasteiger partial charge on any atom is -0.463 e. The molecule has 13 heavy (non-hydrogen) atoms. The molecule has 1 saturated heterocycles. The molecule has 0 aromatic heterocycles. The molecular weight excluding hydrogens is 190 g/mol. The Morgan fingerprint density at radius 1 is 1.69 bits per heavy atom. The Morgan fingerprint density at radius 2 is 2.46 bits per heavy atom. The second kappa shape index (κ2) is 6.92. The molecule has 0 aromatic rings. The monoisotopic (exact) mass is 205 g/mol. The fourth-order valence-electron chi connectivity index (χ4n) is 1.26. The molecule has 1 fully saturated rings. The van der Waals surface area contributed by atoms with E-state index in [-0.39, 0.29) is 18.4 Å². The number of carbonyl (C=O) groups excluding carboxylic acids is 1. The van der Waals surface area contributed by atoms with Crippen molar-refractivity contribution in [3.63, 3.8) is 0 Å². The highest BCUT2D eigenvalue weighted by Crippen LogP contribution is 2.05. The molecule has 1 unspecified atom stereocenters. The van der Waals surface area contributed by atoms with Gasteiger partial charge in [0, 0.05) is 12.1 Å². The predicted octanol–water partition coefficient (Wildman–Crippen LogP) is 1.28. The van der Waals surface area contributed by atoms with E-state index in [2.05, 4.69) is 5.32 Å². The first-order chi connectivity index (χ1) is 5.83. The van der Waals surface area contributed by atoms with E-state index in [1.165, 1.54) is 12.5 Å². The van der Waals surface area contributed by atoms with Gasteiger partial charge in [-0.2, -0.15) is 0 Å². The molecule has 1 heterocycles. The maximum Gasteiger partial charge on any atom is 0.330 e. The zero-order chi connectivity index (χ0) is 8.81. The Labute approximate surface area is 84.9 Å². The van der Waals surface area contributed by atoms with E-state index in [1.807, 2.05) is 6.08 Å². The average Bonchev–Trinajstić information content (AvgIpc) is 2.53. The molecule has 0 amide bonds. The molecule has 76 valence electrons. The molecule has 4 heteroatoms. The molecule has 0 aliphatic carbocycles. The van der Waals surface area contributed by atoms with Crippen molar-refractivity contribution >= 4 is 18.4 Å². The largest absolute Gasteiger partial charge is 0.463 e. The lowest BCUT2D eigenvalue weighted by atomic mass is 10.2. The molecule has 1 N–H and O–H groups in total. The van der Waals surface area contributed by atoms with Gasteiger partial charge in [0.2, 0.25) is 0 Å². The number of nitrogens with one attached hydrogen (secondary N) is 1. The number of hydrogen-bond donors (Lipinski definition) is 1. The first-order valence-corrected chi connectivity index (χ1v) is 4.41. The smallest absolute Gasteiger partial charge is 0.330 e. The molecule has 0 spiro atoms. The van der Waals surface area contributed by atoms with Gasteiger partial charge in [-0.15, -0.1) is 12.4 Å². The summed E-state index contributed by atoms with van der Waals surface area (Å²) in [6.07, 6.45) is 5.70. The van der Waals surface area contributed by atoms with E-state index < -0.39 is 0 Å². The summed E-state index contributed by atoms with van der Waals surface area (Å²) in [6, 6.07) is 0.370. The van der Waals surface area contributed by atoms with Crippen molar-refractivity contribution in [1.82, 2.24) is 5.32 Å². The predicted molar refractivity (Wildman–Crippen MR) is 54.0 cm³/mol. The Morgan fingerprint density at radius 3 is 3.00 bits per heavy atom. The third-order valence-corrected chi connectivity index (χ3v) is 1.85. The first-order valence-electron chi connectivity index (χ1n) is 4.41. The van der Waals surface area contributed by atoms with Gasteiger partial charge >= 0.3 is 5.97 Å². The van der Waals surface area contributed by atoms with Crippen molar-refractivity contribution < 1.29 is 9.53 Å². The van der Waals surface area contributed by atoms with Crippen molar-refractivity contribution in [2.24, 2.45) is 0 Å². The highest BCUT2D eigenvalue weighted by atomic mass is 35.5. The summed E-state index contributed by atoms with van der Waals surface area (Å²) in [7, 11) is 0. The summed E-state index contributed by atoms with van der Waals surface area (Å²) in [5.41, 5.74) is 0. The van der Waals surface area contributed by atoms with E-state index in [9.17, 15) is 4.79 Å². The lowest BCUT2D eigenvalue weighted by Crippen LogP contribution is -2.18. The quantitative estimate of drug-likeness (QED) is 0.557. The minimum atomic E-state index is -0.244. The maximum absolute atomic E-state index is 10.9. The summed E-state index contributed by atoms with van der Waals surface area (Å²) < 4.78 is 4.75. The Balaban J connectivity index is 0.00000144. The molecule has 1 atom stereocenters. The summed E-state index contributed by atoms with van der Waals surface area (Å²) in [4.78, 5) is 10.9. The van der Waals surface area contributed by atoms with E-state index in [1.54, 1.807) is 6.92 Å². The average molecular weight is 206 g/mol. The van der Waals surface area contributed by atoms with E-state index in [0.29, 0.717) is 12.6 Å². The van der Waals surface area contributed by atoms with Crippen molar-refractivity contribution in [3.8, 4) is 0 Å². The van der Waals surface area contributed by atoms with E-state index in [0.717, 1.165) is 13.0 Å². The molecule has 1 rings (SSSR count). The van der Waals surface area contributed by atoms with Crippen molar-refractivity contribution in [3.05, 3.63) is 12.2 Å². The zero-order valence-corrected chi connectivity index (χ0v) is 8.60. The number of ether oxygens (including phenoxy) is 1. The van der Waals surface area contributed by atoms with Gasteiger partial charge in [0.15, 0.2) is 0 Å². The number of halogens is 1. The van der Waals surface area contributed by atoms with Crippen LogP contribution in [0.1, 0.15) is 19.8 Å². The van der Waals surface area contributed by atoms with Crippen LogP contribution in [0.5, 0.6) is 0 Å². The summed E-state index contributed by atoms with van der Waals surface area (Å²) >= 11 is 0. The molecule has 1 aliphatic rings. The van der Waals surface area contributed by atoms with Crippen molar-refractivity contribution in [1.29, 1.82) is 0 Å². The van der Waals surface area contributed by atoms with E-state index in [4.69, 9.17) is 4.74 Å². The third kappa shape index (κ3) is 4.90. The van der Waals surface area contributed by atoms with Gasteiger partial charge in [-0.3, -0.25) is 0 Å². The summed E-state index contributed by atoms with van der Waals surface area (Å²) in [6.45, 7) is 3.30. The van der Waals surface area contributed by atoms with Crippen LogP contribution in [0.2, 0.25) is 0 Å². The molecule has 3 nitrogen and oxygen atoms in total. The van der Waals surface area contributed by atoms with Gasteiger partial charge in [0.25, 0.3) is 0 Å². The van der Waals surface area contributed by atoms with Gasteiger partial charge in [0.05, 0.1) is 6.61 Å². The standard InChI is InChI=1S/C9H15NO2.ClH/c1-2-12-9(11)6-5-8-4-3-7-10-8;/h5-6,8,10H,2-4,7H2,1H3;1H/b6-5+;. The molecule has 0 bridgehead atoms. The van der Waals surface area contributed by atoms with Crippen LogP contribution >= 0.6 is 12.4 Å². The maximum atomic E-state index is 10.9. The number of hydrogen-bond acceptors (Lipinski definition) is 3. The van der Waals surface area contributed by atoms with Gasteiger partial charge in [-0.25, -0.2) is 4.79 Å². The fraction of sp³-hybridized carbons (Fsp3) is 0.667. The van der Waals surface area contributed by atoms with Crippen LogP contribution in [0.4, 0.5) is 0 Å². The van der Waals surface area contributed by atoms with Crippen molar-refractivity contribution in [2.45, 2.75) is 25.8 Å². The zero-order valence-electron chi connectivity index (χ0n) is 7.79. The molecule has 0 aromatic carbocycles. The lowest BCUT2D eigenvalue weighted by Gasteiger charge is -2.01. The Hall–Kier alpha value is -0.540. The van der Waals surface area contributed by atoms with Crippen LogP contribution in [0.15, 0.2) is 12.2 Å². The van der Waals surface area contributed by atoms with Crippen LogP contribution in [0.3, 0.4) is 0 Å². The van der Waals surface area contributed by atoms with Crippen LogP contribution in [0, 0.1) is 0 Å². The van der Waals surface area contributed by atoms with Gasteiger partial charge in [-0.05, 0) is 26.3 Å². The van der Waals surface area contributed by atoms with Crippen LogP contribution in [-0.4, -0.2) is 25.2 Å². The van der Waals surface area contributed by atoms with Gasteiger partial charge in [-0.1, -0.05) is 6.08 Å². The highest BCUT2D eigenvalue weighted by molar-refractivity contribution is 5.85. The molecule has 0 radical (unpaired) electrons. The molecule has 0 saturated carbocycles. The Kier molecular flexibility index (Phi) is 6.63. The van der Waals surface area contributed by atoms with Crippen LogP contribution < -0.4 is 5.32 Å². The third-order valence-electron chi connectivity index (χ3n) is 1.85. The van der Waals surface area contributed by atoms with Crippen LogP contribution in [-0.2, 0) is 9.53 Å². The van der Waals surface area contributed by atoms with E-state index >= 15 is 0 Å². The van der Waals surface area contributed by atoms with Crippen molar-refractivity contribution in [2.75, 3.05) is 13.2 Å². The summed E-state index contributed by atoms with van der Waals surface area (Å²) in [5.74, 6) is -0.244. The second-order valence-electron chi connectivity index (χ2n) is 2.81. The number of esters is 1. The minimum absolute atomic E-state index is 0. The van der Waals surface area contributed by atoms with Crippen LogP contribution in [0.25, 0.3) is 0 Å². The topological polar surface area (TPSA) is 38.3 Å². The second-order valence-corrected chi connectivity index (χ2v) is 2.81. The fourth-order valence-corrected chi connectivity index (χ4v) is 1.26. The van der Waals surface area contributed by atoms with Gasteiger partial charge < -0.3 is 10.1 Å². The normalized spacial score (nSPS) is 21.5. The number of rotatable bonds is 3. The van der Waals surface area contributed by atoms with Gasteiger partial charge in [0.1, 0.15) is 0 Å². The first kappa shape index (κ1) is 12.5. The number of carbonyl (C=O) groups is 1. The molecular formula is C9H16ClNO2. The SMILES string of the molecule is CCOC(=O)/C=C/C1CCCN1.Cl.